The zero-order valence-electron chi connectivity index (χ0n) is 44.0. The lowest BCUT2D eigenvalue weighted by molar-refractivity contribution is -0.144. The number of aliphatic hydroxyl groups excluding tert-OH is 3. The SMILES string of the molecule is CC(C)C(O)CN(C)C(=O)CC[SiH](C)C.CC(C)C(O)CN(C)CC(O)COC[SiH](C)C.CC(C)COC(=O)CC[SiH](C)C.CC(C)CSC[SiH](C)C.CC(C)C[SiH](C)C. The monoisotopic (exact) mass is 961 g/mol. The maximum atomic E-state index is 11.6. The molecule has 0 fully saturated rings. The van der Waals surface area contributed by atoms with Crippen molar-refractivity contribution in [3.63, 3.8) is 0 Å². The number of hydrogen-bond donors (Lipinski definition) is 3. The topological polar surface area (TPSA) is 120 Å². The molecule has 1 amide bonds. The van der Waals surface area contributed by atoms with Gasteiger partial charge >= 0.3 is 5.97 Å². The van der Waals surface area contributed by atoms with Crippen LogP contribution in [-0.2, 0) is 19.1 Å². The number of rotatable bonds is 26. The summed E-state index contributed by atoms with van der Waals surface area (Å²) in [7, 11) is 1.29. The van der Waals surface area contributed by atoms with E-state index >= 15 is 0 Å². The molecule has 0 spiro atoms. The van der Waals surface area contributed by atoms with Gasteiger partial charge in [0.25, 0.3) is 0 Å². The average Bonchev–Trinajstić information content (AvgIpc) is 3.08. The largest absolute Gasteiger partial charge is 0.465 e. The molecule has 3 unspecified atom stereocenters. The Morgan fingerprint density at radius 1 is 0.583 bits per heavy atom. The fourth-order valence-corrected chi connectivity index (χ4v) is 11.9. The van der Waals surface area contributed by atoms with Crippen LogP contribution in [0.5, 0.6) is 0 Å². The van der Waals surface area contributed by atoms with E-state index < -0.39 is 38.6 Å². The zero-order valence-corrected chi connectivity index (χ0v) is 50.6. The van der Waals surface area contributed by atoms with E-state index in [9.17, 15) is 24.9 Å². The lowest BCUT2D eigenvalue weighted by atomic mass is 10.1. The van der Waals surface area contributed by atoms with Crippen LogP contribution < -0.4 is 0 Å². The van der Waals surface area contributed by atoms with Crippen molar-refractivity contribution < 1.29 is 34.4 Å². The van der Waals surface area contributed by atoms with Gasteiger partial charge < -0.3 is 34.6 Å². The molecule has 3 N–H and O–H groups in total. The van der Waals surface area contributed by atoms with Crippen LogP contribution in [0, 0.1) is 29.6 Å². The third kappa shape index (κ3) is 62.5. The molecule has 0 aromatic carbocycles. The van der Waals surface area contributed by atoms with E-state index in [4.69, 9.17) is 9.47 Å². The second-order valence-corrected chi connectivity index (χ2v) is 39.0. The van der Waals surface area contributed by atoms with Crippen LogP contribution in [0.4, 0.5) is 0 Å². The van der Waals surface area contributed by atoms with Crippen LogP contribution in [-0.4, -0.2) is 164 Å². The second-order valence-electron chi connectivity index (χ2n) is 21.0. The predicted octanol–water partition coefficient (Wildman–Crippen LogP) is 8.27. The number of amides is 1. The van der Waals surface area contributed by atoms with Crippen molar-refractivity contribution >= 4 is 67.6 Å². The van der Waals surface area contributed by atoms with Crippen LogP contribution in [0.3, 0.4) is 0 Å². The maximum Gasteiger partial charge on any atom is 0.305 e. The summed E-state index contributed by atoms with van der Waals surface area (Å²) in [6, 6.07) is 3.62. The molecule has 0 bridgehead atoms. The van der Waals surface area contributed by atoms with Gasteiger partial charge in [-0.25, -0.2) is 0 Å². The number of likely N-dealkylation sites (N-methyl/N-ethyl adjacent to an activating group) is 2. The molecule has 0 saturated heterocycles. The summed E-state index contributed by atoms with van der Waals surface area (Å²) < 4.78 is 10.5. The molecule has 15 heteroatoms. The highest BCUT2D eigenvalue weighted by molar-refractivity contribution is 8.00. The van der Waals surface area contributed by atoms with E-state index in [2.05, 4.69) is 105 Å². The highest BCUT2D eigenvalue weighted by atomic mass is 32.2. The molecule has 0 heterocycles. The van der Waals surface area contributed by atoms with E-state index in [1.165, 1.54) is 17.2 Å². The lowest BCUT2D eigenvalue weighted by Crippen LogP contribution is -2.38. The normalized spacial score (nSPS) is 13.0. The van der Waals surface area contributed by atoms with E-state index in [1.54, 1.807) is 11.9 Å². The van der Waals surface area contributed by atoms with Crippen LogP contribution in [0.1, 0.15) is 82.1 Å². The van der Waals surface area contributed by atoms with E-state index in [1.807, 2.05) is 53.5 Å². The van der Waals surface area contributed by atoms with E-state index in [-0.39, 0.29) is 47.4 Å². The molecule has 60 heavy (non-hydrogen) atoms. The van der Waals surface area contributed by atoms with Crippen molar-refractivity contribution in [2.24, 2.45) is 29.6 Å². The number of carbonyl (C=O) groups excluding carboxylic acids is 2. The molecule has 0 aliphatic heterocycles. The van der Waals surface area contributed by atoms with Gasteiger partial charge in [-0.05, 0) is 53.8 Å². The molecule has 0 aromatic heterocycles. The molecule has 0 saturated carbocycles. The lowest BCUT2D eigenvalue weighted by Gasteiger charge is -2.25. The Morgan fingerprint density at radius 2 is 1.07 bits per heavy atom. The molecular weight excluding hydrogens is 853 g/mol. The minimum atomic E-state index is -0.689. The minimum absolute atomic E-state index is 0.0232. The molecule has 0 aliphatic carbocycles. The van der Waals surface area contributed by atoms with Crippen molar-refractivity contribution in [3.8, 4) is 0 Å². The van der Waals surface area contributed by atoms with Crippen molar-refractivity contribution in [1.29, 1.82) is 0 Å². The number of aliphatic hydroxyl groups is 3. The summed E-state index contributed by atoms with van der Waals surface area (Å²) in [6.45, 7) is 46.8. The van der Waals surface area contributed by atoms with Gasteiger partial charge in [0.2, 0.25) is 5.91 Å². The predicted molar refractivity (Wildman–Crippen MR) is 284 cm³/mol. The summed E-state index contributed by atoms with van der Waals surface area (Å²) >= 11 is 2.13. The highest BCUT2D eigenvalue weighted by Crippen LogP contribution is 2.09. The Bertz CT molecular complexity index is 922. The Hall–Kier alpha value is 0.174. The summed E-state index contributed by atoms with van der Waals surface area (Å²) in [4.78, 5) is 26.3. The van der Waals surface area contributed by atoms with Crippen LogP contribution in [0.25, 0.3) is 0 Å². The number of hydrogen-bond acceptors (Lipinski definition) is 9. The fraction of sp³-hybridized carbons (Fsp3) is 0.956. The number of nitrogens with zero attached hydrogens (tertiary/aromatic N) is 2. The molecule has 0 rings (SSSR count). The van der Waals surface area contributed by atoms with Gasteiger partial charge in [-0.15, -0.1) is 0 Å². The molecular formula is C45H108N2O7SSi5. The van der Waals surface area contributed by atoms with Crippen LogP contribution in [0.2, 0.25) is 83.6 Å². The summed E-state index contributed by atoms with van der Waals surface area (Å²) in [6.07, 6.45) is 0.871. The van der Waals surface area contributed by atoms with Crippen molar-refractivity contribution in [2.45, 2.75) is 184 Å². The van der Waals surface area contributed by atoms with Gasteiger partial charge in [-0.1, -0.05) is 147 Å². The Morgan fingerprint density at radius 3 is 1.43 bits per heavy atom. The smallest absolute Gasteiger partial charge is 0.305 e. The minimum Gasteiger partial charge on any atom is -0.465 e. The molecule has 0 aliphatic rings. The second kappa shape index (κ2) is 44.4. The van der Waals surface area contributed by atoms with E-state index in [0.29, 0.717) is 51.6 Å². The Labute approximate surface area is 387 Å². The first kappa shape index (κ1) is 69.2. The quantitative estimate of drug-likeness (QED) is 0.0582. The first-order valence-electron chi connectivity index (χ1n) is 23.7. The van der Waals surface area contributed by atoms with Gasteiger partial charge in [0.1, 0.15) is 0 Å². The molecule has 366 valence electrons. The number of esters is 1. The maximum absolute atomic E-state index is 11.6. The zero-order chi connectivity index (χ0) is 48.1. The third-order valence-electron chi connectivity index (χ3n) is 8.49. The summed E-state index contributed by atoms with van der Waals surface area (Å²) in [5, 5.41) is 30.6. The first-order valence-corrected chi connectivity index (χ1v) is 40.5. The van der Waals surface area contributed by atoms with Gasteiger partial charge in [-0.3, -0.25) is 9.59 Å². The van der Waals surface area contributed by atoms with Gasteiger partial charge in [0, 0.05) is 80.9 Å². The van der Waals surface area contributed by atoms with Crippen LogP contribution >= 0.6 is 11.8 Å². The molecule has 9 nitrogen and oxygen atoms in total. The number of ether oxygens (including phenoxy) is 2. The number of thioether (sulfide) groups is 1. The molecule has 0 radical (unpaired) electrons. The standard InChI is InChI=1S/C12H29NO3Si.C11H25NO2Si.C9H20O2Si.C7H18SSi.C6H16Si/c1-10(2)12(15)7-13(3)6-11(14)8-16-9-17(4)5;1-9(2)10(13)8-12(3)11(14)6-7-15(4)5;1-8(2)7-11-9(10)5-6-12(3)4;1-7(2)5-8-6-9(3)4;1-6(2)5-7(3)4/h10-12,14-15,17H,6-9H2,1-5H3;9-10,13,15H,6-8H2,1-5H3;8,12H,5-7H2,1-4H3;7,9H,5-6H2,1-4H3;6-7H,5H2,1-4H3. The molecule has 3 atom stereocenters. The first-order chi connectivity index (χ1) is 27.4. The van der Waals surface area contributed by atoms with Crippen molar-refractivity contribution in [1.82, 2.24) is 9.80 Å². The van der Waals surface area contributed by atoms with Crippen LogP contribution in [0.15, 0.2) is 0 Å². The van der Waals surface area contributed by atoms with Gasteiger partial charge in [0.05, 0.1) is 40.3 Å². The number of carbonyl (C=O) groups is 2. The van der Waals surface area contributed by atoms with Gasteiger partial charge in [0.15, 0.2) is 0 Å². The van der Waals surface area contributed by atoms with Crippen molar-refractivity contribution in [2.75, 3.05) is 64.3 Å². The molecule has 0 aromatic rings. The van der Waals surface area contributed by atoms with E-state index in [0.717, 1.165) is 30.2 Å². The fourth-order valence-electron chi connectivity index (χ4n) is 4.87. The summed E-state index contributed by atoms with van der Waals surface area (Å²) in [5.74, 6) is 4.21. The highest BCUT2D eigenvalue weighted by Gasteiger charge is 2.17. The Kier molecular flexibility index (Phi) is 51.2. The Balaban J connectivity index is -0.000000217. The third-order valence-corrected chi connectivity index (χ3v) is 18.7. The summed E-state index contributed by atoms with van der Waals surface area (Å²) in [5.41, 5.74) is 0. The average molecular weight is 962 g/mol. The van der Waals surface area contributed by atoms with Crippen molar-refractivity contribution in [3.05, 3.63) is 0 Å². The van der Waals surface area contributed by atoms with Gasteiger partial charge in [-0.2, -0.15) is 11.8 Å².